The minimum absolute atomic E-state index is 0.237. The molecule has 1 amide bonds. The number of hydrogen-bond donors (Lipinski definition) is 1. The summed E-state index contributed by atoms with van der Waals surface area (Å²) in [5, 5.41) is 2.91. The average Bonchev–Trinajstić information content (AvgIpc) is 3.02. The van der Waals surface area contributed by atoms with Crippen molar-refractivity contribution in [3.05, 3.63) is 149 Å². The number of fused-ring (bicyclic) bond motifs is 1. The highest BCUT2D eigenvalue weighted by atomic mass is 16.1. The fourth-order valence-electron chi connectivity index (χ4n) is 4.55. The highest BCUT2D eigenvalue weighted by Crippen LogP contribution is 2.26. The number of pyridine rings is 3. The van der Waals surface area contributed by atoms with Gasteiger partial charge in [0.1, 0.15) is 11.2 Å². The van der Waals surface area contributed by atoms with Gasteiger partial charge in [-0.15, -0.1) is 0 Å². The van der Waals surface area contributed by atoms with Crippen LogP contribution < -0.4 is 10.9 Å². The van der Waals surface area contributed by atoms with Gasteiger partial charge in [0.25, 0.3) is 5.56 Å². The molecule has 8 heteroatoms. The van der Waals surface area contributed by atoms with Crippen molar-refractivity contribution in [1.82, 2.24) is 24.5 Å². The van der Waals surface area contributed by atoms with Crippen LogP contribution in [0.25, 0.3) is 34.1 Å². The summed E-state index contributed by atoms with van der Waals surface area (Å²) >= 11 is 0. The second-order valence-corrected chi connectivity index (χ2v) is 9.32. The SMILES string of the molecule is O=C(/C=C/c1ccncc1)Nc1cccc(-c2cccc(-n3c(=O)c(Cc4cccnc4)nc4cccnc43)c2)c1. The molecule has 2 aromatic carbocycles. The highest BCUT2D eigenvalue weighted by molar-refractivity contribution is 6.02. The third-order valence-corrected chi connectivity index (χ3v) is 6.48. The predicted octanol–water partition coefficient (Wildman–Crippen LogP) is 5.48. The zero-order valence-electron chi connectivity index (χ0n) is 21.9. The zero-order valence-corrected chi connectivity index (χ0v) is 21.9. The van der Waals surface area contributed by atoms with Crippen molar-refractivity contribution in [1.29, 1.82) is 0 Å². The quantitative estimate of drug-likeness (QED) is 0.271. The van der Waals surface area contributed by atoms with Crippen LogP contribution in [0.4, 0.5) is 5.69 Å². The molecule has 4 heterocycles. The molecule has 198 valence electrons. The number of nitrogens with zero attached hydrogens (tertiary/aromatic N) is 5. The number of benzene rings is 2. The van der Waals surface area contributed by atoms with Crippen molar-refractivity contribution in [2.24, 2.45) is 0 Å². The Labute approximate surface area is 235 Å². The van der Waals surface area contributed by atoms with Crippen LogP contribution in [0.5, 0.6) is 0 Å². The summed E-state index contributed by atoms with van der Waals surface area (Å²) < 4.78 is 1.60. The first-order valence-electron chi connectivity index (χ1n) is 13.0. The Morgan fingerprint density at radius 1 is 0.829 bits per heavy atom. The van der Waals surface area contributed by atoms with Gasteiger partial charge in [0.2, 0.25) is 5.91 Å². The summed E-state index contributed by atoms with van der Waals surface area (Å²) in [5.74, 6) is -0.241. The number of hydrogen-bond acceptors (Lipinski definition) is 6. The van der Waals surface area contributed by atoms with E-state index in [1.165, 1.54) is 6.08 Å². The second kappa shape index (κ2) is 11.5. The Bertz CT molecular complexity index is 1940. The first-order valence-corrected chi connectivity index (χ1v) is 13.0. The molecule has 0 spiro atoms. The molecule has 0 aliphatic rings. The lowest BCUT2D eigenvalue weighted by molar-refractivity contribution is -0.111. The molecule has 8 nitrogen and oxygen atoms in total. The topological polar surface area (TPSA) is 103 Å². The highest BCUT2D eigenvalue weighted by Gasteiger charge is 2.15. The summed E-state index contributed by atoms with van der Waals surface area (Å²) in [6.07, 6.45) is 12.0. The average molecular weight is 537 g/mol. The van der Waals surface area contributed by atoms with Gasteiger partial charge in [0.05, 0.1) is 5.69 Å². The van der Waals surface area contributed by atoms with E-state index in [-0.39, 0.29) is 11.5 Å². The molecule has 0 radical (unpaired) electrons. The van der Waals surface area contributed by atoms with Gasteiger partial charge >= 0.3 is 0 Å². The molecule has 0 saturated heterocycles. The molecule has 0 saturated carbocycles. The number of aromatic nitrogens is 5. The van der Waals surface area contributed by atoms with Crippen molar-refractivity contribution < 1.29 is 4.79 Å². The van der Waals surface area contributed by atoms with E-state index < -0.39 is 0 Å². The molecule has 0 atom stereocenters. The molecule has 0 aliphatic carbocycles. The first-order chi connectivity index (χ1) is 20.1. The number of carbonyl (C=O) groups is 1. The maximum absolute atomic E-state index is 13.8. The van der Waals surface area contributed by atoms with Gasteiger partial charge < -0.3 is 5.32 Å². The largest absolute Gasteiger partial charge is 0.322 e. The summed E-state index contributed by atoms with van der Waals surface area (Å²) in [4.78, 5) is 43.6. The smallest absolute Gasteiger partial charge is 0.278 e. The van der Waals surface area contributed by atoms with Gasteiger partial charge in [-0.3, -0.25) is 24.1 Å². The molecular weight excluding hydrogens is 512 g/mol. The van der Waals surface area contributed by atoms with Crippen molar-refractivity contribution in [3.63, 3.8) is 0 Å². The Kier molecular flexibility index (Phi) is 7.19. The summed E-state index contributed by atoms with van der Waals surface area (Å²) in [7, 11) is 0. The van der Waals surface area contributed by atoms with Crippen molar-refractivity contribution in [2.45, 2.75) is 6.42 Å². The number of nitrogens with one attached hydrogen (secondary N) is 1. The maximum atomic E-state index is 13.8. The van der Waals surface area contributed by atoms with E-state index in [2.05, 4.69) is 25.3 Å². The normalized spacial score (nSPS) is 11.1. The first kappa shape index (κ1) is 25.5. The van der Waals surface area contributed by atoms with Gasteiger partial charge in [-0.2, -0.15) is 0 Å². The third-order valence-electron chi connectivity index (χ3n) is 6.48. The summed E-state index contributed by atoms with van der Waals surface area (Å²) in [6, 6.07) is 26.3. The molecule has 0 fully saturated rings. The van der Waals surface area contributed by atoms with E-state index in [9.17, 15) is 9.59 Å². The fraction of sp³-hybridized carbons (Fsp3) is 0.0303. The molecule has 41 heavy (non-hydrogen) atoms. The number of anilines is 1. The number of carbonyl (C=O) groups excluding carboxylic acids is 1. The van der Waals surface area contributed by atoms with Gasteiger partial charge in [0, 0.05) is 49.2 Å². The third kappa shape index (κ3) is 5.81. The molecule has 0 unspecified atom stereocenters. The molecule has 4 aromatic heterocycles. The Balaban J connectivity index is 1.33. The Morgan fingerprint density at radius 2 is 1.63 bits per heavy atom. The zero-order chi connectivity index (χ0) is 28.0. The lowest BCUT2D eigenvalue weighted by Crippen LogP contribution is -2.25. The van der Waals surface area contributed by atoms with E-state index in [1.807, 2.05) is 78.9 Å². The lowest BCUT2D eigenvalue weighted by Gasteiger charge is -2.13. The molecule has 0 aliphatic heterocycles. The van der Waals surface area contributed by atoms with Crippen LogP contribution in [0.15, 0.2) is 127 Å². The number of amides is 1. The number of rotatable bonds is 7. The van der Waals surface area contributed by atoms with Crippen molar-refractivity contribution in [3.8, 4) is 16.8 Å². The van der Waals surface area contributed by atoms with Crippen LogP contribution in [0.3, 0.4) is 0 Å². The Morgan fingerprint density at radius 3 is 2.46 bits per heavy atom. The van der Waals surface area contributed by atoms with Gasteiger partial charge in [-0.1, -0.05) is 30.3 Å². The predicted molar refractivity (Wildman–Crippen MR) is 160 cm³/mol. The van der Waals surface area contributed by atoms with Crippen LogP contribution in [0.1, 0.15) is 16.8 Å². The van der Waals surface area contributed by atoms with E-state index in [4.69, 9.17) is 0 Å². The van der Waals surface area contributed by atoms with E-state index in [0.29, 0.717) is 34.7 Å². The van der Waals surface area contributed by atoms with Gasteiger partial charge in [-0.25, -0.2) is 9.97 Å². The van der Waals surface area contributed by atoms with Crippen LogP contribution in [-0.2, 0) is 11.2 Å². The van der Waals surface area contributed by atoms with Crippen molar-refractivity contribution >= 4 is 28.8 Å². The van der Waals surface area contributed by atoms with Gasteiger partial charge in [0.15, 0.2) is 5.65 Å². The summed E-state index contributed by atoms with van der Waals surface area (Å²) in [5.41, 5.74) is 6.16. The summed E-state index contributed by atoms with van der Waals surface area (Å²) in [6.45, 7) is 0. The minimum Gasteiger partial charge on any atom is -0.322 e. The van der Waals surface area contributed by atoms with Crippen LogP contribution >= 0.6 is 0 Å². The lowest BCUT2D eigenvalue weighted by atomic mass is 10.0. The molecule has 0 bridgehead atoms. The standard InChI is InChI=1S/C33H24N6O2/c40-31(12-11-23-13-17-34-18-14-23)37-27-8-1-6-25(20-27)26-7-2-9-28(21-26)39-32-29(10-4-16-36-32)38-30(33(39)41)19-24-5-3-15-35-22-24/h1-18,20-22H,19H2,(H,37,40)/b12-11+. The molecule has 6 rings (SSSR count). The molecule has 6 aromatic rings. The minimum atomic E-state index is -0.241. The second-order valence-electron chi connectivity index (χ2n) is 9.32. The van der Waals surface area contributed by atoms with E-state index in [0.717, 1.165) is 22.3 Å². The van der Waals surface area contributed by atoms with Crippen LogP contribution in [-0.4, -0.2) is 30.4 Å². The van der Waals surface area contributed by atoms with Crippen LogP contribution in [0.2, 0.25) is 0 Å². The van der Waals surface area contributed by atoms with E-state index in [1.54, 1.807) is 47.7 Å². The van der Waals surface area contributed by atoms with E-state index >= 15 is 0 Å². The molecule has 1 N–H and O–H groups in total. The van der Waals surface area contributed by atoms with Crippen molar-refractivity contribution in [2.75, 3.05) is 5.32 Å². The maximum Gasteiger partial charge on any atom is 0.278 e. The van der Waals surface area contributed by atoms with Gasteiger partial charge in [-0.05, 0) is 82.9 Å². The van der Waals surface area contributed by atoms with Crippen LogP contribution in [0, 0.1) is 0 Å². The Hall–Kier alpha value is -5.76. The monoisotopic (exact) mass is 536 g/mol. The molecular formula is C33H24N6O2. The fourth-order valence-corrected chi connectivity index (χ4v) is 4.55.